The van der Waals surface area contributed by atoms with Crippen LogP contribution in [0.4, 0.5) is 48.5 Å². The number of nitrogens with two attached hydrogens (primary N) is 3. The van der Waals surface area contributed by atoms with Crippen LogP contribution in [-0.4, -0.2) is 306 Å². The summed E-state index contributed by atoms with van der Waals surface area (Å²) in [5, 5.41) is 21.9. The van der Waals surface area contributed by atoms with Crippen LogP contribution in [0.15, 0.2) is 67.3 Å². The molecule has 9 aromatic heterocycles. The monoisotopic (exact) mass is 2010 g/mol. The lowest BCUT2D eigenvalue weighted by molar-refractivity contribution is -0.0673. The first-order valence-electron chi connectivity index (χ1n) is 39.2. The van der Waals surface area contributed by atoms with E-state index in [1.807, 2.05) is 0 Å². The maximum atomic E-state index is 15.9. The van der Waals surface area contributed by atoms with Crippen LogP contribution in [0, 0.1) is 0 Å². The van der Waals surface area contributed by atoms with Crippen molar-refractivity contribution in [1.82, 2.24) is 87.2 Å². The predicted molar refractivity (Wildman–Crippen MR) is 424 cm³/mol. The Labute approximate surface area is 738 Å². The van der Waals surface area contributed by atoms with Crippen molar-refractivity contribution in [2.24, 2.45) is 15.0 Å². The largest absolute Gasteiger partial charge is 0.472 e. The van der Waals surface area contributed by atoms with E-state index in [1.54, 1.807) is 0 Å². The van der Waals surface area contributed by atoms with Crippen molar-refractivity contribution in [3.05, 3.63) is 86.1 Å². The zero-order valence-electron chi connectivity index (χ0n) is 67.0. The summed E-state index contributed by atoms with van der Waals surface area (Å²) in [5.74, 6) is -2.03. The first kappa shape index (κ1) is 93.3. The minimum absolute atomic E-state index is 0.0000917. The average molecular weight is 2010 g/mol. The number of hydrogen-bond donors (Lipinski definition) is 14. The lowest BCUT2D eigenvalue weighted by Crippen LogP contribution is -2.35. The molecule has 0 aromatic carbocycles. The van der Waals surface area contributed by atoms with Crippen molar-refractivity contribution >= 4 is 152 Å². The van der Waals surface area contributed by atoms with Gasteiger partial charge in [-0.1, -0.05) is 0 Å². The molecule has 6 unspecified atom stereocenters. The SMILES string of the molecule is Nc1nc2c(ncn2[C@@H]2O[C@@H]3COP(=O)(O)O[C@H]4[C@@H](F)[C@H](n5cnc6c5N=CCC6=O)O[C@@H]4COP(=O)(O)O[C@@H]2C3)c(=O)[nH]1.Nc1nc2c(ncn2[C@@H]2O[C@@H]3COP(=O)(O)O[C@H]4[C@@H](F)[C@H](n5cnc6c5N=CCC6=O)O[C@@H]4COP(=O)(O)O[C@@H]2[C@@H]3O)c(=O)[nH]1.Nc1nc2c(ncn2[C@@H]2O[C@@H]3COP(=O)(O)O[C@H]4[C@H](F)[C@H](n5cnc6c5N=CCC6=O)O[C@@H]4COP(=O)(O)O[C@@H]2[C@@H]3O)c(=O)[nH]1. The molecule has 21 rings (SSSR count). The number of carbonyl (C=O) groups is 3. The number of nitrogens with one attached hydrogen (secondary N) is 3. The van der Waals surface area contributed by atoms with E-state index in [0.29, 0.717) is 0 Å². The molecule has 62 nitrogen and oxygen atoms in total. The molecule has 9 aromatic rings. The molecule has 17 N–H and O–H groups in total. The van der Waals surface area contributed by atoms with E-state index in [9.17, 15) is 95.7 Å². The molecule has 12 aliphatic heterocycles. The van der Waals surface area contributed by atoms with E-state index in [2.05, 4.69) is 74.8 Å². The van der Waals surface area contributed by atoms with Crippen molar-refractivity contribution in [2.45, 2.75) is 167 Å². The van der Waals surface area contributed by atoms with Crippen LogP contribution < -0.4 is 33.9 Å². The summed E-state index contributed by atoms with van der Waals surface area (Å²) in [6.07, 6.45) is -28.4. The molecular formula is C63H69F3N24O38P6. The number of Topliss-reactive ketones (excluding diaryl/α,β-unsaturated/α-hetero) is 3. The number of aliphatic hydroxyl groups excluding tert-OH is 2. The zero-order chi connectivity index (χ0) is 94.6. The average Bonchev–Trinajstić information content (AvgIpc) is 1.62. The van der Waals surface area contributed by atoms with Crippen LogP contribution in [-0.2, 0) is 110 Å². The molecule has 0 radical (unpaired) electrons. The van der Waals surface area contributed by atoms with Gasteiger partial charge in [-0.15, -0.1) is 0 Å². The molecule has 9 fully saturated rings. The second-order valence-corrected chi connectivity index (χ2v) is 39.2. The van der Waals surface area contributed by atoms with Gasteiger partial charge in [-0.2, -0.15) is 15.0 Å². The number of phosphoric acid groups is 6. The maximum absolute atomic E-state index is 15.9. The van der Waals surface area contributed by atoms with Gasteiger partial charge in [-0.25, -0.2) is 85.4 Å². The minimum atomic E-state index is -5.17. The van der Waals surface area contributed by atoms with Crippen LogP contribution in [0.3, 0.4) is 0 Å². The number of anilines is 3. The number of aromatic nitrogens is 18. The van der Waals surface area contributed by atoms with Crippen molar-refractivity contribution in [1.29, 1.82) is 0 Å². The fourth-order valence-electron chi connectivity index (χ4n) is 16.1. The Balaban J connectivity index is 0.000000129. The van der Waals surface area contributed by atoms with Gasteiger partial charge in [0.05, 0.1) is 83.7 Å². The molecule has 6 bridgehead atoms. The summed E-state index contributed by atoms with van der Waals surface area (Å²) in [7, 11) is -30.6. The fraction of sp³-hybridized carbons (Fsp3) is 0.524. The number of aromatic amines is 3. The van der Waals surface area contributed by atoms with Gasteiger partial charge in [-0.05, 0) is 0 Å². The maximum Gasteiger partial charge on any atom is 0.472 e. The van der Waals surface area contributed by atoms with Gasteiger partial charge in [0.25, 0.3) is 16.7 Å². The number of aliphatic imine (C=N–C) groups is 3. The number of fused-ring (bicyclic) bond motifs is 15. The van der Waals surface area contributed by atoms with E-state index in [4.69, 9.17) is 99.9 Å². The van der Waals surface area contributed by atoms with E-state index < -0.39 is 245 Å². The molecule has 0 saturated carbocycles. The van der Waals surface area contributed by atoms with Crippen molar-refractivity contribution in [3.8, 4) is 0 Å². The highest BCUT2D eigenvalue weighted by atomic mass is 31.2. The number of rotatable bonds is 6. The van der Waals surface area contributed by atoms with Crippen LogP contribution in [0.2, 0.25) is 0 Å². The molecular weight excluding hydrogens is 1940 g/mol. The number of H-pyrrole nitrogens is 3. The lowest BCUT2D eigenvalue weighted by atomic mass is 10.1. The number of phosphoric ester groups is 6. The molecule has 0 amide bonds. The number of ether oxygens (including phenoxy) is 6. The van der Waals surface area contributed by atoms with Gasteiger partial charge in [0, 0.05) is 44.3 Å². The summed E-state index contributed by atoms with van der Waals surface area (Å²) in [6, 6.07) is 0. The van der Waals surface area contributed by atoms with Gasteiger partial charge in [0.15, 0.2) is 141 Å². The Hall–Kier alpha value is -9.77. The zero-order valence-corrected chi connectivity index (χ0v) is 72.3. The third-order valence-electron chi connectivity index (χ3n) is 22.1. The minimum Gasteiger partial charge on any atom is -0.387 e. The highest BCUT2D eigenvalue weighted by Crippen LogP contribution is 2.60. The van der Waals surface area contributed by atoms with Gasteiger partial charge in [-0.3, -0.25) is 125 Å². The van der Waals surface area contributed by atoms with Crippen LogP contribution in [0.5, 0.6) is 0 Å². The highest BCUT2D eigenvalue weighted by Gasteiger charge is 2.60. The smallest absolute Gasteiger partial charge is 0.387 e. The van der Waals surface area contributed by atoms with Crippen molar-refractivity contribution in [3.63, 3.8) is 0 Å². The van der Waals surface area contributed by atoms with Crippen molar-refractivity contribution < 1.29 is 177 Å². The van der Waals surface area contributed by atoms with E-state index in [0.717, 1.165) is 54.5 Å². The summed E-state index contributed by atoms with van der Waals surface area (Å²) >= 11 is 0. The third-order valence-corrected chi connectivity index (χ3v) is 28.0. The summed E-state index contributed by atoms with van der Waals surface area (Å²) < 4.78 is 229. The fourth-order valence-corrected chi connectivity index (χ4v) is 21.8. The summed E-state index contributed by atoms with van der Waals surface area (Å²) in [4.78, 5) is 192. The first-order chi connectivity index (χ1) is 63.5. The lowest BCUT2D eigenvalue weighted by Gasteiger charge is -2.25. The molecule has 9 saturated heterocycles. The van der Waals surface area contributed by atoms with Crippen LogP contribution in [0.1, 0.15) is 94.5 Å². The molecule has 71 heteroatoms. The molecule has 134 heavy (non-hydrogen) atoms. The van der Waals surface area contributed by atoms with Gasteiger partial charge < -0.3 is 85.2 Å². The molecule has 12 aliphatic rings. The predicted octanol–water partition coefficient (Wildman–Crippen LogP) is -0.774. The second kappa shape index (κ2) is 35.3. The first-order valence-corrected chi connectivity index (χ1v) is 48.2. The molecule has 0 spiro atoms. The van der Waals surface area contributed by atoms with Crippen LogP contribution >= 0.6 is 46.9 Å². The normalized spacial score (nSPS) is 38.4. The number of halogens is 3. The van der Waals surface area contributed by atoms with E-state index >= 15 is 13.2 Å². The number of alkyl halides is 3. The van der Waals surface area contributed by atoms with E-state index in [-0.39, 0.29) is 129 Å². The topological polar surface area (TPSA) is 841 Å². The van der Waals surface area contributed by atoms with Gasteiger partial charge in [0.2, 0.25) is 17.8 Å². The van der Waals surface area contributed by atoms with Gasteiger partial charge >= 0.3 is 46.9 Å². The molecule has 21 heterocycles. The Morgan fingerprint density at radius 1 is 0.343 bits per heavy atom. The number of nitrogens with zero attached hydrogens (tertiary/aromatic N) is 18. The summed E-state index contributed by atoms with van der Waals surface area (Å²) in [5.41, 5.74) is 13.9. The third kappa shape index (κ3) is 18.0. The molecule has 0 aliphatic carbocycles. The number of hydrogen-bond acceptors (Lipinski definition) is 47. The number of nitrogen functional groups attached to an aromatic ring is 3. The van der Waals surface area contributed by atoms with E-state index in [1.165, 1.54) is 29.5 Å². The number of imidazole rings is 6. The Morgan fingerprint density at radius 2 is 0.619 bits per heavy atom. The highest BCUT2D eigenvalue weighted by molar-refractivity contribution is 7.48. The quantitative estimate of drug-likeness (QED) is 0.0909. The standard InChI is InChI=1S/2C21H23FN8O13P2.C21H23FN8O12P2/c2*22-10-14-9(41-19(10)29-5-25-11-7(31)1-2-24-16(11)29)4-39-45(36,37)43-15-13(32)8(3-38-44(34,35)42-14)40-20(15)30-6-26-12-17(30)27-21(23)28-18(12)33;22-12-15-11(40-20(12)29-6-25-13-9(31)1-2-24-16(13)29)5-38-43(33,34)41-10-3-8(4-37-44(35,36)42-15)39-19(10)30-7-26-14-17(30)27-21(23)28-18(14)32/h2*2,5-6,8-10,13-15,19-20,32H,1,3-4H2,(H,34,35)(H,36,37)(H3,23,27,28,33);2,6-8,10-12,15,19-20H,1,3-5H2,(H,33,34)(H,35,36)(H3,23,27,28,32)/t8-,9-,10+,13-,14-,15-,19-,20-;8-,9-,10-,13-,14-,15-,19-,20-;8-,10+,11+,12+,15+,19+,20+/m110/s1. The van der Waals surface area contributed by atoms with Crippen molar-refractivity contribution in [2.75, 3.05) is 56.8 Å². The Bertz CT molecular complexity index is 6540. The molecule has 720 valence electrons. The second-order valence-electron chi connectivity index (χ2n) is 30.7. The Morgan fingerprint density at radius 3 is 0.948 bits per heavy atom. The number of aliphatic hydroxyl groups is 2. The van der Waals surface area contributed by atoms with Gasteiger partial charge in [0.1, 0.15) is 79.4 Å². The number of carbonyl (C=O) groups excluding carboxylic acids is 3. The number of ketones is 3. The molecule has 29 atom stereocenters. The summed E-state index contributed by atoms with van der Waals surface area (Å²) in [6.45, 7) is -5.06. The van der Waals surface area contributed by atoms with Crippen LogP contribution in [0.25, 0.3) is 33.5 Å². The Kier molecular flexibility index (Phi) is 24.6.